The van der Waals surface area contributed by atoms with E-state index in [4.69, 9.17) is 4.74 Å². The third kappa shape index (κ3) is 2.54. The van der Waals surface area contributed by atoms with Gasteiger partial charge in [-0.15, -0.1) is 0 Å². The second-order valence-corrected chi connectivity index (χ2v) is 4.72. The van der Waals surface area contributed by atoms with Crippen LogP contribution in [0.15, 0.2) is 12.4 Å². The highest BCUT2D eigenvalue weighted by molar-refractivity contribution is 5.38. The van der Waals surface area contributed by atoms with Crippen molar-refractivity contribution < 1.29 is 9.13 Å². The molecule has 1 saturated carbocycles. The summed E-state index contributed by atoms with van der Waals surface area (Å²) in [5.41, 5.74) is 1.06. The van der Waals surface area contributed by atoms with Gasteiger partial charge in [0.1, 0.15) is 12.1 Å². The van der Waals surface area contributed by atoms with E-state index in [0.29, 0.717) is 18.3 Å². The van der Waals surface area contributed by atoms with Crippen LogP contribution in [0.2, 0.25) is 0 Å². The van der Waals surface area contributed by atoms with Gasteiger partial charge < -0.3 is 10.1 Å². The number of rotatable bonds is 3. The first kappa shape index (κ1) is 10.9. The Hall–Kier alpha value is -1.23. The van der Waals surface area contributed by atoms with E-state index in [1.807, 2.05) is 6.07 Å². The smallest absolute Gasteiger partial charge is 0.219 e. The van der Waals surface area contributed by atoms with Gasteiger partial charge in [-0.2, -0.15) is 0 Å². The Morgan fingerprint density at radius 1 is 1.29 bits per heavy atom. The van der Waals surface area contributed by atoms with Gasteiger partial charge in [0.25, 0.3) is 0 Å². The van der Waals surface area contributed by atoms with Gasteiger partial charge in [0, 0.05) is 17.7 Å². The molecule has 0 aromatic carbocycles. The van der Waals surface area contributed by atoms with Crippen LogP contribution in [0, 0.1) is 0 Å². The molecule has 1 aliphatic heterocycles. The van der Waals surface area contributed by atoms with E-state index in [0.717, 1.165) is 18.5 Å². The van der Waals surface area contributed by atoms with Crippen molar-refractivity contribution in [2.45, 2.75) is 44.0 Å². The molecular weight excluding hydrogens is 221 g/mol. The van der Waals surface area contributed by atoms with Gasteiger partial charge in [-0.05, 0) is 25.7 Å². The molecule has 5 heteroatoms. The van der Waals surface area contributed by atoms with Crippen LogP contribution in [0.4, 0.5) is 10.2 Å². The molecule has 0 bridgehead atoms. The molecule has 1 N–H and O–H groups in total. The van der Waals surface area contributed by atoms with Crippen LogP contribution in [0.5, 0.6) is 0 Å². The Kier molecular flexibility index (Phi) is 2.93. The summed E-state index contributed by atoms with van der Waals surface area (Å²) >= 11 is 0. The van der Waals surface area contributed by atoms with Crippen LogP contribution < -0.4 is 5.32 Å². The van der Waals surface area contributed by atoms with Gasteiger partial charge in [-0.3, -0.25) is 0 Å². The molecule has 0 amide bonds. The number of halogens is 1. The zero-order chi connectivity index (χ0) is 11.7. The quantitative estimate of drug-likeness (QED) is 0.875. The lowest BCUT2D eigenvalue weighted by Crippen LogP contribution is -2.37. The van der Waals surface area contributed by atoms with Gasteiger partial charge >= 0.3 is 0 Å². The van der Waals surface area contributed by atoms with Crippen LogP contribution in [0.3, 0.4) is 0 Å². The fourth-order valence-electron chi connectivity index (χ4n) is 2.13. The van der Waals surface area contributed by atoms with E-state index < -0.39 is 6.36 Å². The van der Waals surface area contributed by atoms with Crippen molar-refractivity contribution in [2.24, 2.45) is 0 Å². The van der Waals surface area contributed by atoms with Gasteiger partial charge in [-0.25, -0.2) is 14.4 Å². The Bertz CT molecular complexity index is 397. The minimum atomic E-state index is -1.23. The van der Waals surface area contributed by atoms with Gasteiger partial charge in [0.05, 0.1) is 12.6 Å². The van der Waals surface area contributed by atoms with Crippen molar-refractivity contribution in [3.8, 4) is 0 Å². The number of nitrogens with one attached hydrogen (secondary N) is 1. The molecule has 4 nitrogen and oxygen atoms in total. The lowest BCUT2D eigenvalue weighted by molar-refractivity contribution is -0.0758. The van der Waals surface area contributed by atoms with Crippen LogP contribution in [-0.4, -0.2) is 29.0 Å². The highest BCUT2D eigenvalue weighted by Crippen LogP contribution is 2.39. The molecule has 92 valence electrons. The van der Waals surface area contributed by atoms with Crippen LogP contribution in [0.1, 0.15) is 37.3 Å². The zero-order valence-electron chi connectivity index (χ0n) is 9.60. The highest BCUT2D eigenvalue weighted by Gasteiger charge is 2.27. The SMILES string of the molecule is FC1OCCCC1Nc1cc(C2CC2)ncn1. The molecule has 1 aromatic heterocycles. The lowest BCUT2D eigenvalue weighted by Gasteiger charge is -2.27. The van der Waals surface area contributed by atoms with Crippen molar-refractivity contribution in [3.63, 3.8) is 0 Å². The zero-order valence-corrected chi connectivity index (χ0v) is 9.60. The Labute approximate surface area is 99.6 Å². The topological polar surface area (TPSA) is 47.0 Å². The number of anilines is 1. The Balaban J connectivity index is 1.68. The number of nitrogens with zero attached hydrogens (tertiary/aromatic N) is 2. The molecule has 2 aliphatic rings. The maximum atomic E-state index is 13.5. The van der Waals surface area contributed by atoms with Crippen molar-refractivity contribution >= 4 is 5.82 Å². The minimum Gasteiger partial charge on any atom is -0.362 e. The molecule has 0 radical (unpaired) electrons. The monoisotopic (exact) mass is 237 g/mol. The molecular formula is C12H16FN3O. The highest BCUT2D eigenvalue weighted by atomic mass is 19.1. The predicted octanol–water partition coefficient (Wildman–Crippen LogP) is 2.24. The number of hydrogen-bond acceptors (Lipinski definition) is 4. The number of aromatic nitrogens is 2. The molecule has 1 aliphatic carbocycles. The van der Waals surface area contributed by atoms with Gasteiger partial charge in [-0.1, -0.05) is 0 Å². The lowest BCUT2D eigenvalue weighted by atomic mass is 10.1. The van der Waals surface area contributed by atoms with E-state index in [1.165, 1.54) is 12.8 Å². The van der Waals surface area contributed by atoms with Crippen molar-refractivity contribution in [3.05, 3.63) is 18.1 Å². The molecule has 2 fully saturated rings. The number of ether oxygens (including phenoxy) is 1. The third-order valence-corrected chi connectivity index (χ3v) is 3.27. The summed E-state index contributed by atoms with van der Waals surface area (Å²) in [4.78, 5) is 8.37. The first-order valence-electron chi connectivity index (χ1n) is 6.17. The first-order valence-corrected chi connectivity index (χ1v) is 6.17. The summed E-state index contributed by atoms with van der Waals surface area (Å²) in [5.74, 6) is 1.29. The molecule has 3 rings (SSSR count). The van der Waals surface area contributed by atoms with Crippen molar-refractivity contribution in [1.29, 1.82) is 0 Å². The van der Waals surface area contributed by atoms with E-state index >= 15 is 0 Å². The van der Waals surface area contributed by atoms with Crippen LogP contribution in [-0.2, 0) is 4.74 Å². The van der Waals surface area contributed by atoms with Crippen LogP contribution in [0.25, 0.3) is 0 Å². The van der Waals surface area contributed by atoms with Crippen LogP contribution >= 0.6 is 0 Å². The number of hydrogen-bond donors (Lipinski definition) is 1. The second kappa shape index (κ2) is 4.56. The summed E-state index contributed by atoms with van der Waals surface area (Å²) < 4.78 is 18.5. The Morgan fingerprint density at radius 2 is 2.18 bits per heavy atom. The Morgan fingerprint density at radius 3 is 2.94 bits per heavy atom. The average molecular weight is 237 g/mol. The minimum absolute atomic E-state index is 0.286. The molecule has 2 heterocycles. The van der Waals surface area contributed by atoms with Crippen molar-refractivity contribution in [1.82, 2.24) is 9.97 Å². The van der Waals surface area contributed by atoms with E-state index in [9.17, 15) is 4.39 Å². The molecule has 1 saturated heterocycles. The summed E-state index contributed by atoms with van der Waals surface area (Å²) in [6, 6.07) is 1.64. The number of alkyl halides is 1. The maximum absolute atomic E-state index is 13.5. The first-order chi connectivity index (χ1) is 8.33. The second-order valence-electron chi connectivity index (χ2n) is 4.72. The third-order valence-electron chi connectivity index (χ3n) is 3.27. The fourth-order valence-corrected chi connectivity index (χ4v) is 2.13. The van der Waals surface area contributed by atoms with E-state index in [2.05, 4.69) is 15.3 Å². The molecule has 2 atom stereocenters. The molecule has 2 unspecified atom stereocenters. The van der Waals surface area contributed by atoms with Gasteiger partial charge in [0.2, 0.25) is 6.36 Å². The van der Waals surface area contributed by atoms with E-state index in [-0.39, 0.29) is 6.04 Å². The fraction of sp³-hybridized carbons (Fsp3) is 0.667. The molecule has 17 heavy (non-hydrogen) atoms. The summed E-state index contributed by atoms with van der Waals surface area (Å²) in [7, 11) is 0. The standard InChI is InChI=1S/C12H16FN3O/c13-12-9(2-1-5-17-12)16-11-6-10(8-3-4-8)14-7-15-11/h6-9,12H,1-5H2,(H,14,15,16). The average Bonchev–Trinajstić information content (AvgIpc) is 3.17. The summed E-state index contributed by atoms with van der Waals surface area (Å²) in [6.45, 7) is 0.510. The summed E-state index contributed by atoms with van der Waals surface area (Å²) in [5, 5.41) is 3.10. The van der Waals surface area contributed by atoms with Gasteiger partial charge in [0.15, 0.2) is 0 Å². The van der Waals surface area contributed by atoms with Crippen molar-refractivity contribution in [2.75, 3.05) is 11.9 Å². The predicted molar refractivity (Wildman–Crippen MR) is 61.5 cm³/mol. The molecule has 0 spiro atoms. The normalized spacial score (nSPS) is 29.0. The maximum Gasteiger partial charge on any atom is 0.219 e. The summed E-state index contributed by atoms with van der Waals surface area (Å²) in [6.07, 6.45) is 4.39. The molecule has 1 aromatic rings. The van der Waals surface area contributed by atoms with E-state index in [1.54, 1.807) is 6.33 Å². The largest absolute Gasteiger partial charge is 0.362 e.